The number of nitrogens with zero attached hydrogens (tertiary/aromatic N) is 4. The van der Waals surface area contributed by atoms with Crippen LogP contribution >= 0.6 is 0 Å². The van der Waals surface area contributed by atoms with E-state index in [-0.39, 0.29) is 12.2 Å². The van der Waals surface area contributed by atoms with E-state index in [0.717, 1.165) is 12.1 Å². The molecule has 0 atom stereocenters. The van der Waals surface area contributed by atoms with E-state index in [1.807, 2.05) is 30.3 Å². The summed E-state index contributed by atoms with van der Waals surface area (Å²) in [5.41, 5.74) is 8.31. The Labute approximate surface area is 150 Å². The van der Waals surface area contributed by atoms with E-state index in [4.69, 9.17) is 5.73 Å². The highest BCUT2D eigenvalue weighted by molar-refractivity contribution is 5.99. The van der Waals surface area contributed by atoms with Gasteiger partial charge in [0.15, 0.2) is 5.69 Å². The van der Waals surface area contributed by atoms with Crippen molar-refractivity contribution in [2.24, 2.45) is 5.73 Å². The van der Waals surface area contributed by atoms with Crippen LogP contribution in [0.1, 0.15) is 23.0 Å². The molecular weight excluding hydrogens is 332 g/mol. The average Bonchev–Trinajstić information content (AvgIpc) is 3.12. The van der Waals surface area contributed by atoms with Gasteiger partial charge in [-0.3, -0.25) is 14.6 Å². The molecule has 0 spiro atoms. The minimum atomic E-state index is -0.635. The largest absolute Gasteiger partial charge is 0.368 e. The Morgan fingerprint density at radius 2 is 1.96 bits per heavy atom. The summed E-state index contributed by atoms with van der Waals surface area (Å²) in [5, 5.41) is 10.6. The smallest absolute Gasteiger partial charge is 0.274 e. The van der Waals surface area contributed by atoms with E-state index in [2.05, 4.69) is 27.5 Å². The molecule has 0 radical (unpaired) electrons. The number of aryl methyl sites for hydroxylation is 1. The lowest BCUT2D eigenvalue weighted by atomic mass is 10.1. The molecule has 2 aromatic heterocycles. The Morgan fingerprint density at radius 1 is 1.19 bits per heavy atom. The first kappa shape index (κ1) is 17.3. The summed E-state index contributed by atoms with van der Waals surface area (Å²) < 4.78 is 1.58. The maximum atomic E-state index is 12.4. The first-order valence-electron chi connectivity index (χ1n) is 8.12. The van der Waals surface area contributed by atoms with Crippen molar-refractivity contribution in [1.29, 1.82) is 0 Å². The topological polar surface area (TPSA) is 116 Å². The third-order valence-corrected chi connectivity index (χ3v) is 3.83. The van der Waals surface area contributed by atoms with E-state index in [1.165, 1.54) is 5.56 Å². The summed E-state index contributed by atoms with van der Waals surface area (Å²) in [6.45, 7) is 1.80. The van der Waals surface area contributed by atoms with E-state index in [9.17, 15) is 9.59 Å². The van der Waals surface area contributed by atoms with Crippen LogP contribution in [0.2, 0.25) is 0 Å². The number of nitrogens with one attached hydrogen (secondary N) is 1. The van der Waals surface area contributed by atoms with Gasteiger partial charge in [-0.25, -0.2) is 4.68 Å². The summed E-state index contributed by atoms with van der Waals surface area (Å²) in [6.07, 6.45) is 4.19. The van der Waals surface area contributed by atoms with Gasteiger partial charge in [-0.05, 0) is 36.2 Å². The van der Waals surface area contributed by atoms with Gasteiger partial charge in [0.25, 0.3) is 5.91 Å². The van der Waals surface area contributed by atoms with Gasteiger partial charge in [0.1, 0.15) is 5.69 Å². The molecule has 3 aromatic rings. The van der Waals surface area contributed by atoms with Crippen molar-refractivity contribution in [3.8, 4) is 16.9 Å². The molecule has 2 amide bonds. The average molecular weight is 350 g/mol. The quantitative estimate of drug-likeness (QED) is 0.691. The van der Waals surface area contributed by atoms with E-state index < -0.39 is 11.8 Å². The van der Waals surface area contributed by atoms with Gasteiger partial charge in [-0.2, -0.15) is 0 Å². The van der Waals surface area contributed by atoms with E-state index >= 15 is 0 Å². The molecule has 0 aliphatic heterocycles. The number of carbonyl (C=O) groups excluding carboxylic acids is 2. The number of hydrogen-bond acceptors (Lipinski definition) is 5. The zero-order valence-corrected chi connectivity index (χ0v) is 14.2. The second-order valence-corrected chi connectivity index (χ2v) is 5.61. The number of aromatic nitrogens is 4. The zero-order valence-electron chi connectivity index (χ0n) is 14.2. The molecule has 1 aromatic carbocycles. The first-order chi connectivity index (χ1) is 12.6. The summed E-state index contributed by atoms with van der Waals surface area (Å²) >= 11 is 0. The monoisotopic (exact) mass is 350 g/mol. The van der Waals surface area contributed by atoms with Crippen molar-refractivity contribution >= 4 is 11.8 Å². The summed E-state index contributed by atoms with van der Waals surface area (Å²) in [5.74, 6) is -1.16. The second kappa shape index (κ2) is 7.56. The van der Waals surface area contributed by atoms with Crippen LogP contribution < -0.4 is 11.1 Å². The molecule has 3 N–H and O–H groups in total. The van der Waals surface area contributed by atoms with Gasteiger partial charge in [-0.15, -0.1) is 5.10 Å². The van der Waals surface area contributed by atoms with Crippen LogP contribution in [0.15, 0.2) is 48.8 Å². The summed E-state index contributed by atoms with van der Waals surface area (Å²) in [6, 6.07) is 11.4. The van der Waals surface area contributed by atoms with Crippen LogP contribution in [0.3, 0.4) is 0 Å². The van der Waals surface area contributed by atoms with Crippen LogP contribution in [0, 0.1) is 0 Å². The number of nitrogens with two attached hydrogens (primary N) is 1. The van der Waals surface area contributed by atoms with Gasteiger partial charge >= 0.3 is 0 Å². The first-order valence-corrected chi connectivity index (χ1v) is 8.12. The fourth-order valence-corrected chi connectivity index (χ4v) is 2.50. The number of carbonyl (C=O) groups is 2. The highest BCUT2D eigenvalue weighted by Gasteiger charge is 2.22. The highest BCUT2D eigenvalue weighted by atomic mass is 16.2. The van der Waals surface area contributed by atoms with Crippen LogP contribution in [0.4, 0.5) is 0 Å². The number of amides is 2. The molecule has 0 bridgehead atoms. The molecule has 8 heteroatoms. The van der Waals surface area contributed by atoms with Crippen molar-refractivity contribution in [3.05, 3.63) is 60.0 Å². The van der Waals surface area contributed by atoms with Crippen LogP contribution in [-0.4, -0.2) is 38.3 Å². The second-order valence-electron chi connectivity index (χ2n) is 5.61. The van der Waals surface area contributed by atoms with Crippen LogP contribution in [-0.2, 0) is 11.2 Å². The number of primary amides is 1. The normalized spacial score (nSPS) is 10.5. The van der Waals surface area contributed by atoms with Crippen LogP contribution in [0.25, 0.3) is 16.9 Å². The van der Waals surface area contributed by atoms with Crippen molar-refractivity contribution < 1.29 is 9.59 Å². The standard InChI is InChI=1S/C18H18N6O2/c1-2-12-5-7-14(8-6-12)24-17(13-4-3-9-20-10-13)16(22-23-24)18(26)21-11-15(19)25/h3-10H,2,11H2,1H3,(H2,19,25)(H,21,26). The molecule has 0 fully saturated rings. The predicted octanol–water partition coefficient (Wildman–Crippen LogP) is 1.11. The van der Waals surface area contributed by atoms with Gasteiger partial charge < -0.3 is 11.1 Å². The van der Waals surface area contributed by atoms with Crippen molar-refractivity contribution in [3.63, 3.8) is 0 Å². The molecule has 8 nitrogen and oxygen atoms in total. The molecule has 2 heterocycles. The maximum Gasteiger partial charge on any atom is 0.274 e. The molecule has 0 aliphatic rings. The highest BCUT2D eigenvalue weighted by Crippen LogP contribution is 2.24. The summed E-state index contributed by atoms with van der Waals surface area (Å²) in [4.78, 5) is 27.5. The Balaban J connectivity index is 2.07. The molecule has 3 rings (SSSR count). The zero-order chi connectivity index (χ0) is 18.5. The number of pyridine rings is 1. The Bertz CT molecular complexity index is 919. The Morgan fingerprint density at radius 3 is 2.58 bits per heavy atom. The lowest BCUT2D eigenvalue weighted by Gasteiger charge is -2.09. The van der Waals surface area contributed by atoms with E-state index in [1.54, 1.807) is 23.1 Å². The molecule has 0 saturated heterocycles. The minimum absolute atomic E-state index is 0.0961. The summed E-state index contributed by atoms with van der Waals surface area (Å²) in [7, 11) is 0. The lowest BCUT2D eigenvalue weighted by Crippen LogP contribution is -2.33. The van der Waals surface area contributed by atoms with Crippen LogP contribution in [0.5, 0.6) is 0 Å². The van der Waals surface area contributed by atoms with Crippen molar-refractivity contribution in [2.75, 3.05) is 6.54 Å². The van der Waals surface area contributed by atoms with Gasteiger partial charge in [0.05, 0.1) is 12.2 Å². The SMILES string of the molecule is CCc1ccc(-n2nnc(C(=O)NCC(N)=O)c2-c2cccnc2)cc1. The number of rotatable bonds is 6. The molecule has 0 saturated carbocycles. The fraction of sp³-hybridized carbons (Fsp3) is 0.167. The third kappa shape index (κ3) is 3.59. The number of hydrogen-bond donors (Lipinski definition) is 2. The minimum Gasteiger partial charge on any atom is -0.368 e. The van der Waals surface area contributed by atoms with Crippen molar-refractivity contribution in [1.82, 2.24) is 25.3 Å². The molecule has 26 heavy (non-hydrogen) atoms. The maximum absolute atomic E-state index is 12.4. The van der Waals surface area contributed by atoms with Gasteiger partial charge in [-0.1, -0.05) is 24.3 Å². The Hall–Kier alpha value is -3.55. The Kier molecular flexibility index (Phi) is 5.02. The fourth-order valence-electron chi connectivity index (χ4n) is 2.50. The van der Waals surface area contributed by atoms with E-state index in [0.29, 0.717) is 11.3 Å². The van der Waals surface area contributed by atoms with Gasteiger partial charge in [0, 0.05) is 18.0 Å². The molecule has 0 unspecified atom stereocenters. The molecule has 132 valence electrons. The van der Waals surface area contributed by atoms with Gasteiger partial charge in [0.2, 0.25) is 5.91 Å². The van der Waals surface area contributed by atoms with Crippen molar-refractivity contribution in [2.45, 2.75) is 13.3 Å². The number of benzene rings is 1. The third-order valence-electron chi connectivity index (χ3n) is 3.83. The molecule has 0 aliphatic carbocycles. The predicted molar refractivity (Wildman–Crippen MR) is 95.5 cm³/mol. The molecular formula is C18H18N6O2. The lowest BCUT2D eigenvalue weighted by molar-refractivity contribution is -0.117.